The standard InChI is InChI=1S/C26H27N5O3/c1-26(13-18(26)15-7-3-2-4-8-15)28-25(34)21-12-16-11-20(16)31(21)22(32)14-30-19-10-6-5-9-17(19)23(29-30)24(27)33/h2-10,16,18,20-21H,11-14H2,1H3,(H2,27,33)(H,28,34)/t16-,18+,20-,21+,26+/m1/s1. The molecule has 3 fully saturated rings. The second-order valence-electron chi connectivity index (χ2n) is 10.1. The van der Waals surface area contributed by atoms with Crippen LogP contribution in [0.1, 0.15) is 48.2 Å². The van der Waals surface area contributed by atoms with Crippen LogP contribution < -0.4 is 11.1 Å². The summed E-state index contributed by atoms with van der Waals surface area (Å²) in [5, 5.41) is 8.18. The molecule has 8 heteroatoms. The highest BCUT2D eigenvalue weighted by molar-refractivity contribution is 6.04. The molecule has 5 atom stereocenters. The summed E-state index contributed by atoms with van der Waals surface area (Å²) in [5.74, 6) is -0.194. The van der Waals surface area contributed by atoms with Gasteiger partial charge in [-0.25, -0.2) is 0 Å². The van der Waals surface area contributed by atoms with Crippen LogP contribution in [-0.4, -0.2) is 50.0 Å². The van der Waals surface area contributed by atoms with Gasteiger partial charge in [0.15, 0.2) is 5.69 Å². The lowest BCUT2D eigenvalue weighted by Crippen LogP contribution is -2.51. The summed E-state index contributed by atoms with van der Waals surface area (Å²) in [4.78, 5) is 40.3. The van der Waals surface area contributed by atoms with E-state index in [0.717, 1.165) is 12.8 Å². The quantitative estimate of drug-likeness (QED) is 0.591. The van der Waals surface area contributed by atoms with Crippen LogP contribution in [0.4, 0.5) is 0 Å². The van der Waals surface area contributed by atoms with Crippen molar-refractivity contribution >= 4 is 28.6 Å². The van der Waals surface area contributed by atoms with E-state index in [1.807, 2.05) is 30.3 Å². The molecule has 2 heterocycles. The van der Waals surface area contributed by atoms with E-state index in [1.54, 1.807) is 17.0 Å². The third kappa shape index (κ3) is 3.36. The second kappa shape index (κ2) is 7.41. The predicted molar refractivity (Wildman–Crippen MR) is 126 cm³/mol. The fourth-order valence-electron chi connectivity index (χ4n) is 5.73. The van der Waals surface area contributed by atoms with Crippen LogP contribution >= 0.6 is 0 Å². The van der Waals surface area contributed by atoms with Crippen molar-refractivity contribution in [3.8, 4) is 0 Å². The number of hydrogen-bond acceptors (Lipinski definition) is 4. The van der Waals surface area contributed by atoms with Crippen molar-refractivity contribution in [2.75, 3.05) is 0 Å². The van der Waals surface area contributed by atoms with Crippen molar-refractivity contribution < 1.29 is 14.4 Å². The normalized spacial score (nSPS) is 29.0. The third-order valence-electron chi connectivity index (χ3n) is 7.72. The van der Waals surface area contributed by atoms with E-state index >= 15 is 0 Å². The number of carbonyl (C=O) groups is 3. The lowest BCUT2D eigenvalue weighted by molar-refractivity contribution is -0.140. The molecule has 6 rings (SSSR count). The molecule has 34 heavy (non-hydrogen) atoms. The summed E-state index contributed by atoms with van der Waals surface area (Å²) in [7, 11) is 0. The Balaban J connectivity index is 1.19. The maximum absolute atomic E-state index is 13.4. The zero-order valence-corrected chi connectivity index (χ0v) is 19.0. The summed E-state index contributed by atoms with van der Waals surface area (Å²) >= 11 is 0. The van der Waals surface area contributed by atoms with Crippen molar-refractivity contribution in [2.24, 2.45) is 11.7 Å². The Morgan fingerprint density at radius 1 is 1.09 bits per heavy atom. The van der Waals surface area contributed by atoms with Gasteiger partial charge in [-0.05, 0) is 43.7 Å². The number of primary amides is 1. The molecule has 2 saturated carbocycles. The molecule has 1 saturated heterocycles. The number of nitrogens with two attached hydrogens (primary N) is 1. The zero-order valence-electron chi connectivity index (χ0n) is 19.0. The lowest BCUT2D eigenvalue weighted by atomic mass is 10.1. The first-order valence-electron chi connectivity index (χ1n) is 11.8. The minimum atomic E-state index is -0.631. The smallest absolute Gasteiger partial charge is 0.269 e. The largest absolute Gasteiger partial charge is 0.364 e. The van der Waals surface area contributed by atoms with Gasteiger partial charge in [-0.3, -0.25) is 19.1 Å². The molecule has 3 N–H and O–H groups in total. The topological polar surface area (TPSA) is 110 Å². The van der Waals surface area contributed by atoms with Crippen LogP contribution in [0.25, 0.3) is 10.9 Å². The van der Waals surface area contributed by atoms with Gasteiger partial charge in [0.1, 0.15) is 12.6 Å². The summed E-state index contributed by atoms with van der Waals surface area (Å²) in [6, 6.07) is 17.1. The molecule has 0 radical (unpaired) electrons. The Labute approximate surface area is 197 Å². The Kier molecular flexibility index (Phi) is 4.56. The molecule has 0 spiro atoms. The number of likely N-dealkylation sites (tertiary alicyclic amines) is 1. The lowest BCUT2D eigenvalue weighted by Gasteiger charge is -2.28. The zero-order chi connectivity index (χ0) is 23.6. The van der Waals surface area contributed by atoms with Gasteiger partial charge in [0.05, 0.1) is 5.52 Å². The number of nitrogens with zero attached hydrogens (tertiary/aromatic N) is 3. The van der Waals surface area contributed by atoms with E-state index in [9.17, 15) is 14.4 Å². The number of fused-ring (bicyclic) bond motifs is 2. The van der Waals surface area contributed by atoms with Crippen LogP contribution in [0.3, 0.4) is 0 Å². The molecule has 3 amide bonds. The Bertz CT molecular complexity index is 1320. The SMILES string of the molecule is C[C@]1(NC(=O)[C@@H]2C[C@H]3C[C@H]3N2C(=O)Cn2nc(C(N)=O)c3ccccc32)C[C@H]1c1ccccc1. The van der Waals surface area contributed by atoms with Gasteiger partial charge in [0.25, 0.3) is 5.91 Å². The summed E-state index contributed by atoms with van der Waals surface area (Å²) in [5.41, 5.74) is 7.26. The van der Waals surface area contributed by atoms with Crippen LogP contribution in [-0.2, 0) is 16.1 Å². The van der Waals surface area contributed by atoms with E-state index in [-0.39, 0.29) is 35.6 Å². The number of para-hydroxylation sites is 1. The molecular formula is C26H27N5O3. The van der Waals surface area contributed by atoms with Crippen molar-refractivity contribution in [3.63, 3.8) is 0 Å². The van der Waals surface area contributed by atoms with Crippen LogP contribution in [0.15, 0.2) is 54.6 Å². The Morgan fingerprint density at radius 3 is 2.59 bits per heavy atom. The number of hydrogen-bond donors (Lipinski definition) is 2. The first kappa shape index (κ1) is 20.9. The molecule has 2 aliphatic carbocycles. The molecule has 8 nitrogen and oxygen atoms in total. The minimum Gasteiger partial charge on any atom is -0.364 e. The molecular weight excluding hydrogens is 430 g/mol. The molecule has 1 aromatic heterocycles. The van der Waals surface area contributed by atoms with E-state index in [1.165, 1.54) is 10.2 Å². The van der Waals surface area contributed by atoms with Gasteiger partial charge in [0, 0.05) is 22.9 Å². The highest BCUT2D eigenvalue weighted by atomic mass is 16.2. The fraction of sp³-hybridized carbons (Fsp3) is 0.385. The monoisotopic (exact) mass is 457 g/mol. The van der Waals surface area contributed by atoms with Gasteiger partial charge in [-0.15, -0.1) is 0 Å². The van der Waals surface area contributed by atoms with Gasteiger partial charge in [-0.1, -0.05) is 48.5 Å². The molecule has 174 valence electrons. The van der Waals surface area contributed by atoms with Crippen molar-refractivity contribution in [3.05, 3.63) is 65.9 Å². The number of benzene rings is 2. The average Bonchev–Trinajstić information content (AvgIpc) is 3.65. The van der Waals surface area contributed by atoms with Gasteiger partial charge in [-0.2, -0.15) is 5.10 Å². The van der Waals surface area contributed by atoms with Crippen molar-refractivity contribution in [1.82, 2.24) is 20.0 Å². The summed E-state index contributed by atoms with van der Waals surface area (Å²) < 4.78 is 1.52. The summed E-state index contributed by atoms with van der Waals surface area (Å²) in [6.45, 7) is 2.04. The number of carbonyl (C=O) groups excluding carboxylic acids is 3. The minimum absolute atomic E-state index is 0.0370. The predicted octanol–water partition coefficient (Wildman–Crippen LogP) is 2.19. The highest BCUT2D eigenvalue weighted by Gasteiger charge is 2.58. The fourth-order valence-corrected chi connectivity index (χ4v) is 5.73. The molecule has 1 aliphatic heterocycles. The summed E-state index contributed by atoms with van der Waals surface area (Å²) in [6.07, 6.45) is 2.53. The van der Waals surface area contributed by atoms with E-state index in [0.29, 0.717) is 29.2 Å². The van der Waals surface area contributed by atoms with E-state index in [2.05, 4.69) is 29.5 Å². The molecule has 0 bridgehead atoms. The van der Waals surface area contributed by atoms with E-state index in [4.69, 9.17) is 5.73 Å². The van der Waals surface area contributed by atoms with Crippen molar-refractivity contribution in [2.45, 2.75) is 56.3 Å². The van der Waals surface area contributed by atoms with Gasteiger partial charge < -0.3 is 16.0 Å². The van der Waals surface area contributed by atoms with Crippen LogP contribution in [0.5, 0.6) is 0 Å². The Morgan fingerprint density at radius 2 is 1.82 bits per heavy atom. The maximum atomic E-state index is 13.4. The first-order chi connectivity index (χ1) is 16.4. The van der Waals surface area contributed by atoms with Gasteiger partial charge >= 0.3 is 0 Å². The van der Waals surface area contributed by atoms with Crippen molar-refractivity contribution in [1.29, 1.82) is 0 Å². The molecule has 3 aromatic rings. The number of aromatic nitrogens is 2. The number of rotatable bonds is 6. The highest BCUT2D eigenvalue weighted by Crippen LogP contribution is 2.52. The number of nitrogens with one attached hydrogen (secondary N) is 1. The average molecular weight is 458 g/mol. The number of piperidine rings is 1. The third-order valence-corrected chi connectivity index (χ3v) is 7.72. The molecule has 3 aliphatic rings. The van der Waals surface area contributed by atoms with Crippen LogP contribution in [0.2, 0.25) is 0 Å². The molecule has 2 aromatic carbocycles. The maximum Gasteiger partial charge on any atom is 0.269 e. The Hall–Kier alpha value is -3.68. The van der Waals surface area contributed by atoms with Crippen LogP contribution in [0, 0.1) is 5.92 Å². The second-order valence-corrected chi connectivity index (χ2v) is 10.1. The first-order valence-corrected chi connectivity index (χ1v) is 11.8. The molecule has 0 unspecified atom stereocenters. The van der Waals surface area contributed by atoms with E-state index < -0.39 is 11.9 Å². The van der Waals surface area contributed by atoms with Gasteiger partial charge in [0.2, 0.25) is 11.8 Å². The number of amides is 3.